The number of thiazole rings is 1. The van der Waals surface area contributed by atoms with Gasteiger partial charge in [-0.05, 0) is 38.3 Å². The van der Waals surface area contributed by atoms with Gasteiger partial charge in [0.05, 0.1) is 5.69 Å². The Bertz CT molecular complexity index is 700. The second-order valence-corrected chi connectivity index (χ2v) is 7.84. The van der Waals surface area contributed by atoms with Crippen LogP contribution in [0.25, 0.3) is 11.3 Å². The summed E-state index contributed by atoms with van der Waals surface area (Å²) in [5, 5.41) is 6.19. The van der Waals surface area contributed by atoms with Crippen molar-refractivity contribution in [1.29, 1.82) is 0 Å². The summed E-state index contributed by atoms with van der Waals surface area (Å²) in [6.45, 7) is 6.23. The lowest BCUT2D eigenvalue weighted by molar-refractivity contribution is -0.116. The molecular formula is C21H29N3OS. The number of hydrogen-bond acceptors (Lipinski definition) is 4. The van der Waals surface area contributed by atoms with Gasteiger partial charge in [0, 0.05) is 36.1 Å². The summed E-state index contributed by atoms with van der Waals surface area (Å²) in [5.74, 6) is 0.884. The molecule has 1 saturated carbocycles. The molecule has 1 aliphatic carbocycles. The van der Waals surface area contributed by atoms with Gasteiger partial charge in [0.2, 0.25) is 5.91 Å². The van der Waals surface area contributed by atoms with Crippen molar-refractivity contribution < 1.29 is 4.79 Å². The number of carbonyl (C=O) groups excluding carboxylic acids is 1. The fraction of sp³-hybridized carbons (Fsp3) is 0.524. The number of nitrogens with one attached hydrogen (secondary N) is 1. The molecule has 0 unspecified atom stereocenters. The molecule has 0 saturated heterocycles. The number of amides is 1. The lowest BCUT2D eigenvalue weighted by atomic mass is 10.0. The number of benzene rings is 1. The largest absolute Gasteiger partial charge is 0.349 e. The maximum atomic E-state index is 12.1. The molecule has 1 aliphatic rings. The molecule has 0 atom stereocenters. The minimum atomic E-state index is 0.127. The van der Waals surface area contributed by atoms with Crippen molar-refractivity contribution >= 4 is 28.1 Å². The topological polar surface area (TPSA) is 45.2 Å². The second-order valence-electron chi connectivity index (χ2n) is 7.00. The van der Waals surface area contributed by atoms with Crippen LogP contribution >= 0.6 is 11.3 Å². The van der Waals surface area contributed by atoms with Crippen LogP contribution in [-0.2, 0) is 4.79 Å². The van der Waals surface area contributed by atoms with Gasteiger partial charge in [-0.2, -0.15) is 0 Å². The Labute approximate surface area is 160 Å². The van der Waals surface area contributed by atoms with Crippen LogP contribution in [0.1, 0.15) is 52.4 Å². The summed E-state index contributed by atoms with van der Waals surface area (Å²) < 4.78 is 0. The van der Waals surface area contributed by atoms with E-state index in [2.05, 4.69) is 29.4 Å². The zero-order chi connectivity index (χ0) is 18.4. The van der Waals surface area contributed by atoms with E-state index < -0.39 is 0 Å². The number of aromatic nitrogens is 1. The highest BCUT2D eigenvalue weighted by molar-refractivity contribution is 7.14. The van der Waals surface area contributed by atoms with E-state index in [9.17, 15) is 4.79 Å². The van der Waals surface area contributed by atoms with Gasteiger partial charge >= 0.3 is 0 Å². The standard InChI is InChI=1S/C21H29N3OS/c1-3-24(4-2)21-23-19(15-26-21)17-10-12-18(13-11-17)22-20(25)14-9-16-7-5-6-8-16/h10-13,15-16H,3-9,14H2,1-2H3,(H,22,25). The van der Waals surface area contributed by atoms with E-state index in [0.29, 0.717) is 6.42 Å². The number of hydrogen-bond donors (Lipinski definition) is 1. The maximum absolute atomic E-state index is 12.1. The predicted molar refractivity (Wildman–Crippen MR) is 111 cm³/mol. The summed E-state index contributed by atoms with van der Waals surface area (Å²) in [6.07, 6.45) is 6.92. The smallest absolute Gasteiger partial charge is 0.224 e. The summed E-state index contributed by atoms with van der Waals surface area (Å²) in [7, 11) is 0. The van der Waals surface area contributed by atoms with Crippen molar-refractivity contribution in [2.45, 2.75) is 52.4 Å². The molecule has 0 spiro atoms. The Morgan fingerprint density at radius 1 is 1.19 bits per heavy atom. The van der Waals surface area contributed by atoms with E-state index in [1.807, 2.05) is 24.3 Å². The monoisotopic (exact) mass is 371 g/mol. The summed E-state index contributed by atoms with van der Waals surface area (Å²) in [4.78, 5) is 19.1. The fourth-order valence-electron chi connectivity index (χ4n) is 3.62. The van der Waals surface area contributed by atoms with E-state index in [-0.39, 0.29) is 5.91 Å². The Kier molecular flexibility index (Phi) is 6.67. The highest BCUT2D eigenvalue weighted by Crippen LogP contribution is 2.29. The Hall–Kier alpha value is -1.88. The third-order valence-electron chi connectivity index (χ3n) is 5.24. The van der Waals surface area contributed by atoms with Crippen LogP contribution < -0.4 is 10.2 Å². The highest BCUT2D eigenvalue weighted by Gasteiger charge is 2.16. The molecule has 3 rings (SSSR count). The lowest BCUT2D eigenvalue weighted by Gasteiger charge is -2.16. The highest BCUT2D eigenvalue weighted by atomic mass is 32.1. The molecule has 0 radical (unpaired) electrons. The van der Waals surface area contributed by atoms with Crippen LogP contribution in [0.3, 0.4) is 0 Å². The van der Waals surface area contributed by atoms with Crippen molar-refractivity contribution in [3.63, 3.8) is 0 Å². The molecule has 1 aromatic carbocycles. The van der Waals surface area contributed by atoms with E-state index in [1.165, 1.54) is 25.7 Å². The first kappa shape index (κ1) is 18.9. The van der Waals surface area contributed by atoms with E-state index in [0.717, 1.165) is 47.5 Å². The van der Waals surface area contributed by atoms with Gasteiger partial charge < -0.3 is 10.2 Å². The molecule has 140 valence electrons. The van der Waals surface area contributed by atoms with Crippen molar-refractivity contribution in [3.8, 4) is 11.3 Å². The Morgan fingerprint density at radius 2 is 1.88 bits per heavy atom. The Balaban J connectivity index is 1.55. The molecule has 0 aliphatic heterocycles. The van der Waals surface area contributed by atoms with E-state index >= 15 is 0 Å². The molecule has 1 aromatic heterocycles. The molecular weight excluding hydrogens is 342 g/mol. The average Bonchev–Trinajstić information content (AvgIpc) is 3.34. The van der Waals surface area contributed by atoms with Gasteiger partial charge in [0.15, 0.2) is 5.13 Å². The molecule has 2 aromatic rings. The molecule has 5 heteroatoms. The minimum Gasteiger partial charge on any atom is -0.349 e. The third kappa shape index (κ3) is 4.85. The molecule has 1 fully saturated rings. The van der Waals surface area contributed by atoms with E-state index in [1.54, 1.807) is 11.3 Å². The molecule has 1 amide bonds. The van der Waals surface area contributed by atoms with Crippen LogP contribution in [0, 0.1) is 5.92 Å². The van der Waals surface area contributed by atoms with Crippen molar-refractivity contribution in [2.24, 2.45) is 5.92 Å². The number of rotatable bonds is 8. The van der Waals surface area contributed by atoms with Crippen LogP contribution in [-0.4, -0.2) is 24.0 Å². The zero-order valence-electron chi connectivity index (χ0n) is 15.8. The van der Waals surface area contributed by atoms with Gasteiger partial charge in [-0.25, -0.2) is 4.98 Å². The lowest BCUT2D eigenvalue weighted by Crippen LogP contribution is -2.21. The minimum absolute atomic E-state index is 0.127. The SMILES string of the molecule is CCN(CC)c1nc(-c2ccc(NC(=O)CCC3CCCC3)cc2)cs1. The van der Waals surface area contributed by atoms with Gasteiger partial charge in [-0.3, -0.25) is 4.79 Å². The number of nitrogens with zero attached hydrogens (tertiary/aromatic N) is 2. The predicted octanol–water partition coefficient (Wildman–Crippen LogP) is 5.57. The molecule has 26 heavy (non-hydrogen) atoms. The third-order valence-corrected chi connectivity index (χ3v) is 6.15. The summed E-state index contributed by atoms with van der Waals surface area (Å²) in [5.41, 5.74) is 2.95. The van der Waals surface area contributed by atoms with Crippen LogP contribution in [0.4, 0.5) is 10.8 Å². The summed E-state index contributed by atoms with van der Waals surface area (Å²) >= 11 is 1.68. The number of anilines is 2. The van der Waals surface area contributed by atoms with E-state index in [4.69, 9.17) is 4.98 Å². The quantitative estimate of drug-likeness (QED) is 0.660. The zero-order valence-corrected chi connectivity index (χ0v) is 16.6. The molecule has 4 nitrogen and oxygen atoms in total. The fourth-order valence-corrected chi connectivity index (χ4v) is 4.58. The van der Waals surface area contributed by atoms with Crippen LogP contribution in [0.15, 0.2) is 29.6 Å². The molecule has 0 bridgehead atoms. The first-order chi connectivity index (χ1) is 12.7. The van der Waals surface area contributed by atoms with Crippen molar-refractivity contribution in [2.75, 3.05) is 23.3 Å². The van der Waals surface area contributed by atoms with Crippen molar-refractivity contribution in [3.05, 3.63) is 29.6 Å². The normalized spacial score (nSPS) is 14.5. The van der Waals surface area contributed by atoms with Gasteiger partial charge in [-0.15, -0.1) is 11.3 Å². The van der Waals surface area contributed by atoms with Gasteiger partial charge in [0.25, 0.3) is 0 Å². The van der Waals surface area contributed by atoms with Gasteiger partial charge in [0.1, 0.15) is 0 Å². The Morgan fingerprint density at radius 3 is 2.54 bits per heavy atom. The van der Waals surface area contributed by atoms with Crippen LogP contribution in [0.2, 0.25) is 0 Å². The first-order valence-corrected chi connectivity index (χ1v) is 10.7. The second kappa shape index (κ2) is 9.17. The average molecular weight is 372 g/mol. The molecule has 1 heterocycles. The van der Waals surface area contributed by atoms with Gasteiger partial charge in [-0.1, -0.05) is 37.8 Å². The maximum Gasteiger partial charge on any atom is 0.224 e. The summed E-state index contributed by atoms with van der Waals surface area (Å²) in [6, 6.07) is 8.01. The first-order valence-electron chi connectivity index (χ1n) is 9.80. The number of carbonyl (C=O) groups is 1. The molecule has 1 N–H and O–H groups in total. The van der Waals surface area contributed by atoms with Crippen molar-refractivity contribution in [1.82, 2.24) is 4.98 Å². The van der Waals surface area contributed by atoms with Crippen LogP contribution in [0.5, 0.6) is 0 Å².